The molecule has 100 valence electrons. The smallest absolute Gasteiger partial charge is 0.175 e. The van der Waals surface area contributed by atoms with Gasteiger partial charge in [-0.2, -0.15) is 0 Å². The summed E-state index contributed by atoms with van der Waals surface area (Å²) in [5.41, 5.74) is 7.57. The van der Waals surface area contributed by atoms with E-state index < -0.39 is 9.84 Å². The molecule has 0 aliphatic heterocycles. The van der Waals surface area contributed by atoms with Crippen molar-refractivity contribution in [3.05, 3.63) is 54.1 Å². The quantitative estimate of drug-likeness (QED) is 0.695. The van der Waals surface area contributed by atoms with Crippen molar-refractivity contribution in [1.29, 1.82) is 0 Å². The van der Waals surface area contributed by atoms with Crippen LogP contribution in [0.15, 0.2) is 58.3 Å². The van der Waals surface area contributed by atoms with Crippen LogP contribution in [-0.4, -0.2) is 14.7 Å². The van der Waals surface area contributed by atoms with Crippen LogP contribution in [0.25, 0.3) is 0 Å². The van der Waals surface area contributed by atoms with Gasteiger partial charge in [0.15, 0.2) is 9.84 Å². The minimum Gasteiger partial charge on any atom is -0.399 e. The number of hydrogen-bond donors (Lipinski definition) is 1. The summed E-state index contributed by atoms with van der Waals surface area (Å²) in [5.74, 6) is 0.832. The van der Waals surface area contributed by atoms with Gasteiger partial charge in [0.2, 0.25) is 0 Å². The van der Waals surface area contributed by atoms with E-state index in [0.717, 1.165) is 16.3 Å². The Morgan fingerprint density at radius 2 is 1.58 bits per heavy atom. The van der Waals surface area contributed by atoms with Gasteiger partial charge in [-0.15, -0.1) is 11.8 Å². The first-order valence-corrected chi connectivity index (χ1v) is 8.60. The standard InChI is InChI=1S/C14H15NO2S2/c1-19(16,17)14-8-6-13(7-9-14)18-10-11-2-4-12(15)5-3-11/h2-9H,10,15H2,1H3. The summed E-state index contributed by atoms with van der Waals surface area (Å²) in [6, 6.07) is 14.7. The maximum atomic E-state index is 11.3. The number of rotatable bonds is 4. The Hall–Kier alpha value is -1.46. The van der Waals surface area contributed by atoms with Gasteiger partial charge in [-0.05, 0) is 42.0 Å². The van der Waals surface area contributed by atoms with E-state index in [-0.39, 0.29) is 0 Å². The Bertz CT molecular complexity index is 647. The van der Waals surface area contributed by atoms with Crippen molar-refractivity contribution >= 4 is 27.3 Å². The molecule has 0 unspecified atom stereocenters. The molecule has 0 saturated carbocycles. The fourth-order valence-corrected chi connectivity index (χ4v) is 3.05. The van der Waals surface area contributed by atoms with Crippen molar-refractivity contribution in [2.75, 3.05) is 12.0 Å². The highest BCUT2D eigenvalue weighted by Gasteiger charge is 2.06. The summed E-state index contributed by atoms with van der Waals surface area (Å²) in [6.07, 6.45) is 1.21. The second-order valence-electron chi connectivity index (χ2n) is 4.27. The number of sulfone groups is 1. The first kappa shape index (κ1) is 14.0. The van der Waals surface area contributed by atoms with Crippen molar-refractivity contribution < 1.29 is 8.42 Å². The largest absolute Gasteiger partial charge is 0.399 e. The van der Waals surface area contributed by atoms with Crippen LogP contribution in [0.1, 0.15) is 5.56 Å². The minimum absolute atomic E-state index is 0.351. The molecule has 2 aromatic rings. The highest BCUT2D eigenvalue weighted by Crippen LogP contribution is 2.24. The zero-order chi connectivity index (χ0) is 13.9. The number of hydrogen-bond acceptors (Lipinski definition) is 4. The summed E-state index contributed by atoms with van der Waals surface area (Å²) < 4.78 is 22.7. The van der Waals surface area contributed by atoms with Gasteiger partial charge in [0.1, 0.15) is 0 Å². The van der Waals surface area contributed by atoms with Crippen LogP contribution >= 0.6 is 11.8 Å². The molecule has 2 aromatic carbocycles. The summed E-state index contributed by atoms with van der Waals surface area (Å²) in [6.45, 7) is 0. The Kier molecular flexibility index (Phi) is 4.17. The first-order chi connectivity index (χ1) is 8.95. The number of thioether (sulfide) groups is 1. The first-order valence-electron chi connectivity index (χ1n) is 5.72. The van der Waals surface area contributed by atoms with Gasteiger partial charge in [0.25, 0.3) is 0 Å². The molecule has 3 nitrogen and oxygen atoms in total. The molecule has 0 fully saturated rings. The van der Waals surface area contributed by atoms with E-state index in [9.17, 15) is 8.42 Å². The van der Waals surface area contributed by atoms with E-state index in [1.165, 1.54) is 11.8 Å². The lowest BCUT2D eigenvalue weighted by Crippen LogP contribution is -1.95. The van der Waals surface area contributed by atoms with Gasteiger partial charge in [-0.1, -0.05) is 12.1 Å². The van der Waals surface area contributed by atoms with Crippen molar-refractivity contribution in [2.24, 2.45) is 0 Å². The van der Waals surface area contributed by atoms with Crippen molar-refractivity contribution in [3.63, 3.8) is 0 Å². The molecule has 0 radical (unpaired) electrons. The molecule has 0 atom stereocenters. The molecule has 2 rings (SSSR count). The van der Waals surface area contributed by atoms with E-state index in [0.29, 0.717) is 4.90 Å². The molecule has 5 heteroatoms. The number of nitrogens with two attached hydrogens (primary N) is 1. The predicted octanol–water partition coefficient (Wildman–Crippen LogP) is 2.96. The van der Waals surface area contributed by atoms with Gasteiger partial charge in [0.05, 0.1) is 4.90 Å². The van der Waals surface area contributed by atoms with Gasteiger partial charge in [-0.25, -0.2) is 8.42 Å². The highest BCUT2D eigenvalue weighted by molar-refractivity contribution is 7.98. The second-order valence-corrected chi connectivity index (χ2v) is 7.34. The molecule has 0 aromatic heterocycles. The monoisotopic (exact) mass is 293 g/mol. The van der Waals surface area contributed by atoms with E-state index in [2.05, 4.69) is 0 Å². The highest BCUT2D eigenvalue weighted by atomic mass is 32.2. The van der Waals surface area contributed by atoms with Crippen LogP contribution in [0.3, 0.4) is 0 Å². The van der Waals surface area contributed by atoms with Crippen LogP contribution in [0.4, 0.5) is 5.69 Å². The van der Waals surface area contributed by atoms with E-state index in [1.54, 1.807) is 23.9 Å². The van der Waals surface area contributed by atoms with Gasteiger partial charge in [-0.3, -0.25) is 0 Å². The molecule has 0 spiro atoms. The third-order valence-electron chi connectivity index (χ3n) is 2.64. The fraction of sp³-hybridized carbons (Fsp3) is 0.143. The summed E-state index contributed by atoms with van der Waals surface area (Å²) in [5, 5.41) is 0. The molecule has 0 aliphatic rings. The molecule has 0 amide bonds. The maximum Gasteiger partial charge on any atom is 0.175 e. The SMILES string of the molecule is CS(=O)(=O)c1ccc(SCc2ccc(N)cc2)cc1. The Morgan fingerprint density at radius 1 is 1.00 bits per heavy atom. The van der Waals surface area contributed by atoms with Crippen LogP contribution in [0, 0.1) is 0 Å². The van der Waals surface area contributed by atoms with Gasteiger partial charge < -0.3 is 5.73 Å². The van der Waals surface area contributed by atoms with E-state index in [1.807, 2.05) is 36.4 Å². The van der Waals surface area contributed by atoms with Crippen molar-refractivity contribution in [3.8, 4) is 0 Å². The van der Waals surface area contributed by atoms with E-state index >= 15 is 0 Å². The lowest BCUT2D eigenvalue weighted by Gasteiger charge is -2.04. The third kappa shape index (κ3) is 4.01. The molecule has 0 bridgehead atoms. The van der Waals surface area contributed by atoms with Gasteiger partial charge in [0, 0.05) is 22.6 Å². The number of benzene rings is 2. The molecular formula is C14H15NO2S2. The van der Waals surface area contributed by atoms with Crippen molar-refractivity contribution in [1.82, 2.24) is 0 Å². The Morgan fingerprint density at radius 3 is 2.11 bits per heavy atom. The minimum atomic E-state index is -3.11. The Labute approximate surface area is 117 Å². The van der Waals surface area contributed by atoms with Crippen molar-refractivity contribution in [2.45, 2.75) is 15.5 Å². The summed E-state index contributed by atoms with van der Waals surface area (Å²) >= 11 is 1.66. The predicted molar refractivity (Wildman–Crippen MR) is 80.0 cm³/mol. The van der Waals surface area contributed by atoms with Crippen LogP contribution in [0.5, 0.6) is 0 Å². The van der Waals surface area contributed by atoms with Gasteiger partial charge >= 0.3 is 0 Å². The average molecular weight is 293 g/mol. The average Bonchev–Trinajstić information content (AvgIpc) is 2.37. The summed E-state index contributed by atoms with van der Waals surface area (Å²) in [4.78, 5) is 1.40. The number of nitrogen functional groups attached to an aromatic ring is 1. The molecule has 0 aliphatic carbocycles. The van der Waals surface area contributed by atoms with Crippen LogP contribution < -0.4 is 5.73 Å². The third-order valence-corrected chi connectivity index (χ3v) is 4.85. The molecule has 2 N–H and O–H groups in total. The maximum absolute atomic E-state index is 11.3. The molecular weight excluding hydrogens is 278 g/mol. The van der Waals surface area contributed by atoms with Crippen LogP contribution in [-0.2, 0) is 15.6 Å². The number of anilines is 1. The summed E-state index contributed by atoms with van der Waals surface area (Å²) in [7, 11) is -3.11. The zero-order valence-electron chi connectivity index (χ0n) is 10.5. The molecule has 19 heavy (non-hydrogen) atoms. The molecule has 0 heterocycles. The Balaban J connectivity index is 2.02. The molecule has 0 saturated heterocycles. The normalized spacial score (nSPS) is 11.4. The zero-order valence-corrected chi connectivity index (χ0v) is 12.2. The fourth-order valence-electron chi connectivity index (χ4n) is 1.56. The topological polar surface area (TPSA) is 60.2 Å². The lowest BCUT2D eigenvalue weighted by molar-refractivity contribution is 0.602. The lowest BCUT2D eigenvalue weighted by atomic mass is 10.2. The second kappa shape index (κ2) is 5.67. The van der Waals surface area contributed by atoms with Crippen LogP contribution in [0.2, 0.25) is 0 Å². The van der Waals surface area contributed by atoms with E-state index in [4.69, 9.17) is 5.73 Å².